The van der Waals surface area contributed by atoms with Crippen molar-refractivity contribution in [2.75, 3.05) is 0 Å². The molecule has 2 heterocycles. The van der Waals surface area contributed by atoms with E-state index >= 15 is 0 Å². The molecule has 0 radical (unpaired) electrons. The van der Waals surface area contributed by atoms with Gasteiger partial charge in [-0.1, -0.05) is 30.4 Å². The third-order valence-corrected chi connectivity index (χ3v) is 3.74. The molecule has 0 saturated carbocycles. The Bertz CT molecular complexity index is 958. The molecular weight excluding hydrogens is 314 g/mol. The quantitative estimate of drug-likeness (QED) is 0.499. The molecule has 0 aliphatic rings. The molecular formula is C16H13N3O3S. The Morgan fingerprint density at radius 3 is 2.57 bits per heavy atom. The third kappa shape index (κ3) is 2.86. The number of pyridine rings is 1. The first-order chi connectivity index (χ1) is 11.1. The highest BCUT2D eigenvalue weighted by Gasteiger charge is 2.18. The van der Waals surface area contributed by atoms with Gasteiger partial charge in [0, 0.05) is 17.1 Å². The van der Waals surface area contributed by atoms with E-state index < -0.39 is 11.8 Å². The highest BCUT2D eigenvalue weighted by molar-refractivity contribution is 7.71. The van der Waals surface area contributed by atoms with Gasteiger partial charge in [0.15, 0.2) is 5.76 Å². The summed E-state index contributed by atoms with van der Waals surface area (Å²) in [6.07, 6.45) is 1.62. The van der Waals surface area contributed by atoms with Gasteiger partial charge in [0.25, 0.3) is 5.91 Å². The summed E-state index contributed by atoms with van der Waals surface area (Å²) in [6, 6.07) is 10.5. The van der Waals surface area contributed by atoms with Crippen molar-refractivity contribution in [3.63, 3.8) is 0 Å². The number of aromatic nitrogens is 1. The van der Waals surface area contributed by atoms with Gasteiger partial charge in [-0.05, 0) is 25.1 Å². The van der Waals surface area contributed by atoms with Gasteiger partial charge in [0.1, 0.15) is 10.2 Å². The van der Waals surface area contributed by atoms with Crippen molar-refractivity contribution < 1.29 is 14.0 Å². The van der Waals surface area contributed by atoms with Crippen molar-refractivity contribution in [1.82, 2.24) is 15.8 Å². The van der Waals surface area contributed by atoms with Crippen LogP contribution in [0.3, 0.4) is 0 Å². The fraction of sp³-hybridized carbons (Fsp3) is 0.0625. The summed E-state index contributed by atoms with van der Waals surface area (Å²) in [5, 5.41) is 0.856. The van der Waals surface area contributed by atoms with Crippen molar-refractivity contribution in [3.05, 3.63) is 64.1 Å². The van der Waals surface area contributed by atoms with E-state index in [4.69, 9.17) is 16.6 Å². The van der Waals surface area contributed by atoms with Gasteiger partial charge in [-0.15, -0.1) is 0 Å². The average Bonchev–Trinajstić information content (AvgIpc) is 2.90. The van der Waals surface area contributed by atoms with Crippen LogP contribution in [0.25, 0.3) is 11.0 Å². The molecule has 0 unspecified atom stereocenters. The normalized spacial score (nSPS) is 10.5. The van der Waals surface area contributed by atoms with Crippen LogP contribution in [0.1, 0.15) is 26.5 Å². The van der Waals surface area contributed by atoms with E-state index in [9.17, 15) is 9.59 Å². The van der Waals surface area contributed by atoms with Gasteiger partial charge in [-0.3, -0.25) is 20.4 Å². The lowest BCUT2D eigenvalue weighted by Crippen LogP contribution is -2.41. The van der Waals surface area contributed by atoms with Crippen molar-refractivity contribution in [3.8, 4) is 0 Å². The number of H-pyrrole nitrogens is 1. The predicted octanol–water partition coefficient (Wildman–Crippen LogP) is 2.87. The molecule has 2 amide bonds. The van der Waals surface area contributed by atoms with E-state index in [0.717, 1.165) is 5.39 Å². The number of aryl methyl sites for hydroxylation is 1. The van der Waals surface area contributed by atoms with Crippen LogP contribution in [0.15, 0.2) is 47.0 Å². The summed E-state index contributed by atoms with van der Waals surface area (Å²) in [4.78, 5) is 27.0. The highest BCUT2D eigenvalue weighted by Crippen LogP contribution is 2.24. The van der Waals surface area contributed by atoms with Crippen LogP contribution in [-0.2, 0) is 0 Å². The summed E-state index contributed by atoms with van der Waals surface area (Å²) < 4.78 is 5.82. The summed E-state index contributed by atoms with van der Waals surface area (Å²) in [5.41, 5.74) is 6.26. The Labute approximate surface area is 136 Å². The minimum absolute atomic E-state index is 0.157. The molecule has 6 nitrogen and oxygen atoms in total. The number of hydrazine groups is 1. The zero-order valence-corrected chi connectivity index (χ0v) is 13.0. The summed E-state index contributed by atoms with van der Waals surface area (Å²) in [6.45, 7) is 1.79. The molecule has 0 fully saturated rings. The van der Waals surface area contributed by atoms with E-state index in [1.165, 1.54) is 0 Å². The summed E-state index contributed by atoms with van der Waals surface area (Å²) >= 11 is 5.02. The van der Waals surface area contributed by atoms with Gasteiger partial charge in [0.2, 0.25) is 0 Å². The zero-order valence-electron chi connectivity index (χ0n) is 12.2. The number of carbonyl (C=O) groups is 2. The number of benzene rings is 1. The smallest absolute Gasteiger partial charge is 0.305 e. The van der Waals surface area contributed by atoms with Gasteiger partial charge in [-0.25, -0.2) is 0 Å². The van der Waals surface area contributed by atoms with Crippen molar-refractivity contribution in [1.29, 1.82) is 0 Å². The lowest BCUT2D eigenvalue weighted by Gasteiger charge is -2.06. The number of hydrogen-bond acceptors (Lipinski definition) is 4. The number of furan rings is 1. The molecule has 0 aliphatic carbocycles. The minimum Gasteiger partial charge on any atom is -0.451 e. The summed E-state index contributed by atoms with van der Waals surface area (Å²) in [7, 11) is 0. The standard InChI is InChI=1S/C16H13N3O3S/c1-9-10-5-2-3-7-12(10)22-13(9)15(21)19-18-14(20)11-6-4-8-17-16(11)23/h2-8H,1H3,(H,17,23)(H,18,20)(H,19,21). The molecule has 3 N–H and O–H groups in total. The Kier molecular flexibility index (Phi) is 3.94. The van der Waals surface area contributed by atoms with Crippen LogP contribution in [-0.4, -0.2) is 16.8 Å². The monoisotopic (exact) mass is 327 g/mol. The Morgan fingerprint density at radius 2 is 1.83 bits per heavy atom. The van der Waals surface area contributed by atoms with Crippen LogP contribution >= 0.6 is 12.2 Å². The maximum Gasteiger partial charge on any atom is 0.305 e. The van der Waals surface area contributed by atoms with E-state index in [0.29, 0.717) is 15.8 Å². The lowest BCUT2D eigenvalue weighted by atomic mass is 10.1. The molecule has 3 aromatic rings. The van der Waals surface area contributed by atoms with E-state index in [2.05, 4.69) is 15.8 Å². The molecule has 7 heteroatoms. The van der Waals surface area contributed by atoms with Crippen molar-refractivity contribution in [2.24, 2.45) is 0 Å². The lowest BCUT2D eigenvalue weighted by molar-refractivity contribution is 0.0831. The van der Waals surface area contributed by atoms with Crippen LogP contribution in [0.4, 0.5) is 0 Å². The first-order valence-electron chi connectivity index (χ1n) is 6.84. The second-order valence-electron chi connectivity index (χ2n) is 4.87. The minimum atomic E-state index is -0.530. The van der Waals surface area contributed by atoms with Gasteiger partial charge < -0.3 is 9.40 Å². The molecule has 116 valence electrons. The van der Waals surface area contributed by atoms with Crippen molar-refractivity contribution in [2.45, 2.75) is 6.92 Å². The number of aromatic amines is 1. The van der Waals surface area contributed by atoms with E-state index in [1.54, 1.807) is 31.3 Å². The number of fused-ring (bicyclic) bond motifs is 1. The van der Waals surface area contributed by atoms with Gasteiger partial charge >= 0.3 is 5.91 Å². The predicted molar refractivity (Wildman–Crippen MR) is 87.5 cm³/mol. The second kappa shape index (κ2) is 6.05. The summed E-state index contributed by atoms with van der Waals surface area (Å²) in [5.74, 6) is -0.878. The molecule has 0 atom stereocenters. The second-order valence-corrected chi connectivity index (χ2v) is 5.28. The molecule has 0 aliphatic heterocycles. The molecule has 1 aromatic carbocycles. The molecule has 23 heavy (non-hydrogen) atoms. The van der Waals surface area contributed by atoms with Crippen LogP contribution in [0, 0.1) is 11.6 Å². The number of hydrogen-bond donors (Lipinski definition) is 3. The first kappa shape index (κ1) is 15.0. The van der Waals surface area contributed by atoms with Crippen LogP contribution in [0.5, 0.6) is 0 Å². The number of carbonyl (C=O) groups excluding carboxylic acids is 2. The van der Waals surface area contributed by atoms with Gasteiger partial charge in [-0.2, -0.15) is 0 Å². The fourth-order valence-electron chi connectivity index (χ4n) is 2.23. The zero-order chi connectivity index (χ0) is 16.4. The van der Waals surface area contributed by atoms with Crippen LogP contribution in [0.2, 0.25) is 0 Å². The fourth-order valence-corrected chi connectivity index (χ4v) is 2.46. The maximum atomic E-state index is 12.2. The number of para-hydroxylation sites is 1. The molecule has 3 rings (SSSR count). The first-order valence-corrected chi connectivity index (χ1v) is 7.25. The van der Waals surface area contributed by atoms with E-state index in [-0.39, 0.29) is 11.3 Å². The maximum absolute atomic E-state index is 12.2. The Morgan fingerprint density at radius 1 is 1.09 bits per heavy atom. The molecule has 0 bridgehead atoms. The topological polar surface area (TPSA) is 87.1 Å². The van der Waals surface area contributed by atoms with Crippen LogP contribution < -0.4 is 10.9 Å². The molecule has 0 saturated heterocycles. The number of amides is 2. The number of nitrogens with one attached hydrogen (secondary N) is 3. The highest BCUT2D eigenvalue weighted by atomic mass is 32.1. The SMILES string of the molecule is Cc1c(C(=O)NNC(=O)c2ccc[nH]c2=S)oc2ccccc12. The van der Waals surface area contributed by atoms with Crippen molar-refractivity contribution >= 4 is 35.0 Å². The number of rotatable bonds is 2. The van der Waals surface area contributed by atoms with E-state index in [1.807, 2.05) is 18.2 Å². The largest absolute Gasteiger partial charge is 0.451 e. The van der Waals surface area contributed by atoms with Gasteiger partial charge in [0.05, 0.1) is 5.56 Å². The average molecular weight is 327 g/mol. The molecule has 2 aromatic heterocycles. The Hall–Kier alpha value is -2.93. The third-order valence-electron chi connectivity index (χ3n) is 3.40. The Balaban J connectivity index is 1.76. The molecule has 0 spiro atoms.